The summed E-state index contributed by atoms with van der Waals surface area (Å²) >= 11 is 0. The quantitative estimate of drug-likeness (QED) is 0.114. The van der Waals surface area contributed by atoms with Crippen LogP contribution in [0.5, 0.6) is 0 Å². The molecule has 0 bridgehead atoms. The fourth-order valence-electron chi connectivity index (χ4n) is 13.0. The molecule has 404 valence electrons. The summed E-state index contributed by atoms with van der Waals surface area (Å²) in [7, 11) is 4.40. The SMILES string of the molecule is C=C/C=C(\C=C/C)c1ccc(N(c2ccc(-c3cc4ccccc4o3)cc2)c2ccc3c4c5ccc6c(c5ccc4n(C)c3c2)c2ccc(N(c3ccc(-c4ccccc4)cc3)c3ccc(-c4cc5c(o4)C=CCC5C)cc3)cc2n6C)cc1. The van der Waals surface area contributed by atoms with Gasteiger partial charge in [0.15, 0.2) is 0 Å². The minimum absolute atomic E-state index is 0.439. The van der Waals surface area contributed by atoms with Crippen LogP contribution in [0.25, 0.3) is 111 Å². The number of hydrogen-bond acceptors (Lipinski definition) is 4. The Kier molecular flexibility index (Phi) is 12.3. The Hall–Kier alpha value is -10.6. The number of rotatable bonds is 12. The van der Waals surface area contributed by atoms with Gasteiger partial charge in [-0.2, -0.15) is 0 Å². The lowest BCUT2D eigenvalue weighted by Crippen LogP contribution is -2.10. The third-order valence-corrected chi connectivity index (χ3v) is 17.3. The second-order valence-corrected chi connectivity index (χ2v) is 22.2. The lowest BCUT2D eigenvalue weighted by Gasteiger charge is -2.26. The fraction of sp³-hybridized carbons (Fsp3) is 0.0769. The molecule has 0 radical (unpaired) electrons. The molecule has 0 spiro atoms. The number of aromatic nitrogens is 2. The van der Waals surface area contributed by atoms with Gasteiger partial charge in [0.25, 0.3) is 0 Å². The van der Waals surface area contributed by atoms with Crippen LogP contribution in [-0.4, -0.2) is 9.13 Å². The van der Waals surface area contributed by atoms with Gasteiger partial charge in [0.05, 0.1) is 11.0 Å². The number of anilines is 6. The molecule has 0 N–H and O–H groups in total. The van der Waals surface area contributed by atoms with Crippen LogP contribution >= 0.6 is 0 Å². The van der Waals surface area contributed by atoms with Crippen LogP contribution in [0.1, 0.15) is 43.1 Å². The monoisotopic (exact) mass is 1080 g/mol. The Morgan fingerprint density at radius 3 is 1.51 bits per heavy atom. The summed E-state index contributed by atoms with van der Waals surface area (Å²) < 4.78 is 17.5. The summed E-state index contributed by atoms with van der Waals surface area (Å²) in [6, 6.07) is 81.6. The van der Waals surface area contributed by atoms with Crippen molar-refractivity contribution in [3.05, 3.63) is 278 Å². The van der Waals surface area contributed by atoms with Crippen LogP contribution in [0.3, 0.4) is 0 Å². The number of allylic oxidation sites excluding steroid dienone is 6. The van der Waals surface area contributed by atoms with Gasteiger partial charge < -0.3 is 27.8 Å². The first-order chi connectivity index (χ1) is 41.3. The molecule has 14 aromatic rings. The van der Waals surface area contributed by atoms with Gasteiger partial charge in [-0.05, 0) is 186 Å². The molecule has 1 aliphatic rings. The maximum Gasteiger partial charge on any atom is 0.135 e. The van der Waals surface area contributed by atoms with E-state index in [1.807, 2.05) is 31.2 Å². The van der Waals surface area contributed by atoms with Gasteiger partial charge in [-0.3, -0.25) is 0 Å². The van der Waals surface area contributed by atoms with E-state index in [1.165, 1.54) is 60.0 Å². The van der Waals surface area contributed by atoms with Crippen molar-refractivity contribution in [3.63, 3.8) is 0 Å². The number of para-hydroxylation sites is 1. The summed E-state index contributed by atoms with van der Waals surface area (Å²) in [6.07, 6.45) is 13.4. The van der Waals surface area contributed by atoms with Gasteiger partial charge in [-0.15, -0.1) is 0 Å². The highest BCUT2D eigenvalue weighted by molar-refractivity contribution is 6.29. The maximum absolute atomic E-state index is 6.42. The molecule has 1 aliphatic carbocycles. The molecule has 6 nitrogen and oxygen atoms in total. The predicted octanol–water partition coefficient (Wildman–Crippen LogP) is 22.1. The largest absolute Gasteiger partial charge is 0.456 e. The molecule has 4 heterocycles. The molecule has 6 heteroatoms. The molecule has 0 saturated heterocycles. The molecule has 0 fully saturated rings. The van der Waals surface area contributed by atoms with Gasteiger partial charge in [-0.1, -0.05) is 141 Å². The van der Waals surface area contributed by atoms with E-state index in [0.29, 0.717) is 5.92 Å². The highest BCUT2D eigenvalue weighted by Gasteiger charge is 2.23. The van der Waals surface area contributed by atoms with Crippen LogP contribution in [0.15, 0.2) is 270 Å². The minimum Gasteiger partial charge on any atom is -0.456 e. The topological polar surface area (TPSA) is 42.6 Å². The number of hydrogen-bond donors (Lipinski definition) is 0. The highest BCUT2D eigenvalue weighted by atomic mass is 16.3. The van der Waals surface area contributed by atoms with E-state index in [4.69, 9.17) is 8.83 Å². The molecular formula is C78H60N4O2. The van der Waals surface area contributed by atoms with E-state index in [9.17, 15) is 0 Å². The Morgan fingerprint density at radius 1 is 0.488 bits per heavy atom. The first-order valence-corrected chi connectivity index (χ1v) is 29.0. The molecular weight excluding hydrogens is 1020 g/mol. The van der Waals surface area contributed by atoms with Crippen LogP contribution in [0.2, 0.25) is 0 Å². The zero-order valence-corrected chi connectivity index (χ0v) is 47.4. The van der Waals surface area contributed by atoms with E-state index >= 15 is 0 Å². The van der Waals surface area contributed by atoms with Crippen molar-refractivity contribution >= 4 is 111 Å². The summed E-state index contributed by atoms with van der Waals surface area (Å²) in [5.41, 5.74) is 19.9. The lowest BCUT2D eigenvalue weighted by molar-refractivity contribution is 0.559. The highest BCUT2D eigenvalue weighted by Crippen LogP contribution is 2.46. The number of furan rings is 2. The van der Waals surface area contributed by atoms with Crippen molar-refractivity contribution in [3.8, 4) is 33.8 Å². The second-order valence-electron chi connectivity index (χ2n) is 22.2. The van der Waals surface area contributed by atoms with E-state index in [1.54, 1.807) is 0 Å². The van der Waals surface area contributed by atoms with Gasteiger partial charge in [0.1, 0.15) is 22.9 Å². The smallest absolute Gasteiger partial charge is 0.135 e. The van der Waals surface area contributed by atoms with Gasteiger partial charge in [0, 0.05) is 103 Å². The Labute approximate surface area is 488 Å². The average Bonchev–Trinajstić information content (AvgIpc) is 1.73. The predicted molar refractivity (Wildman–Crippen MR) is 355 cm³/mol. The number of benzene rings is 10. The standard InChI is InChI=1S/C78H60N4O2/c1-6-14-51(15-7-2)53-22-30-58(31-23-53)81(60-34-26-55(27-35-60)75-46-57-19-11-12-20-73(57)83-75)62-38-40-66-71(47-62)79(4)69-44-42-65-64(77(66)69)43-45-70-78(65)67-41-39-63(48-72(67)80(70)5)82(59-32-24-54(25-33-59)52-17-9-8-10-18-52)61-36-28-56(29-37-61)76-49-68-50(3)16-13-21-74(68)84-76/h6-15,17-50H,1,16H2,2-5H3/b15-7-,51-14+. The number of fused-ring (bicyclic) bond motifs is 11. The normalized spacial score (nSPS) is 13.6. The van der Waals surface area contributed by atoms with Crippen LogP contribution in [0.4, 0.5) is 34.1 Å². The van der Waals surface area contributed by atoms with Crippen molar-refractivity contribution < 1.29 is 8.83 Å². The second kappa shape index (κ2) is 20.5. The van der Waals surface area contributed by atoms with Gasteiger partial charge >= 0.3 is 0 Å². The zero-order valence-electron chi connectivity index (χ0n) is 47.4. The van der Waals surface area contributed by atoms with Crippen LogP contribution in [-0.2, 0) is 14.1 Å². The Morgan fingerprint density at radius 2 is 0.976 bits per heavy atom. The third-order valence-electron chi connectivity index (χ3n) is 17.3. The third kappa shape index (κ3) is 8.48. The van der Waals surface area contributed by atoms with E-state index in [-0.39, 0.29) is 0 Å². The first-order valence-electron chi connectivity index (χ1n) is 29.0. The zero-order chi connectivity index (χ0) is 56.6. The minimum atomic E-state index is 0.439. The summed E-state index contributed by atoms with van der Waals surface area (Å²) in [6.45, 7) is 8.30. The first kappa shape index (κ1) is 50.4. The van der Waals surface area contributed by atoms with Crippen molar-refractivity contribution in [1.82, 2.24) is 9.13 Å². The van der Waals surface area contributed by atoms with E-state index in [0.717, 1.165) is 102 Å². The van der Waals surface area contributed by atoms with Gasteiger partial charge in [-0.25, -0.2) is 0 Å². The van der Waals surface area contributed by atoms with Crippen molar-refractivity contribution in [2.45, 2.75) is 26.2 Å². The molecule has 0 aliphatic heterocycles. The molecule has 84 heavy (non-hydrogen) atoms. The number of aryl methyl sites for hydroxylation is 2. The molecule has 0 amide bonds. The Balaban J connectivity index is 0.827. The van der Waals surface area contributed by atoms with E-state index in [2.05, 4.69) is 283 Å². The molecule has 4 aromatic heterocycles. The molecule has 1 unspecified atom stereocenters. The molecule has 10 aromatic carbocycles. The molecule has 0 saturated carbocycles. The summed E-state index contributed by atoms with van der Waals surface area (Å²) in [5, 5.41) is 8.48. The maximum atomic E-state index is 6.42. The van der Waals surface area contributed by atoms with E-state index < -0.39 is 0 Å². The summed E-state index contributed by atoms with van der Waals surface area (Å²) in [5.74, 6) is 3.16. The molecule has 1 atom stereocenters. The summed E-state index contributed by atoms with van der Waals surface area (Å²) in [4.78, 5) is 4.72. The fourth-order valence-corrected chi connectivity index (χ4v) is 13.0. The average molecular weight is 1090 g/mol. The van der Waals surface area contributed by atoms with Crippen molar-refractivity contribution in [2.75, 3.05) is 9.80 Å². The molecule has 15 rings (SSSR count). The van der Waals surface area contributed by atoms with Gasteiger partial charge in [0.2, 0.25) is 0 Å². The lowest BCUT2D eigenvalue weighted by atomic mass is 9.93. The number of nitrogens with zero attached hydrogens (tertiary/aromatic N) is 4. The van der Waals surface area contributed by atoms with Crippen molar-refractivity contribution in [1.29, 1.82) is 0 Å². The van der Waals surface area contributed by atoms with Crippen LogP contribution in [0, 0.1) is 0 Å². The Bertz CT molecular complexity index is 4930. The van der Waals surface area contributed by atoms with Crippen LogP contribution < -0.4 is 9.80 Å². The van der Waals surface area contributed by atoms with Crippen molar-refractivity contribution in [2.24, 2.45) is 14.1 Å².